The van der Waals surface area contributed by atoms with Gasteiger partial charge in [-0.15, -0.1) is 0 Å². The zero-order valence-corrected chi connectivity index (χ0v) is 14.0. The number of hydrogen-bond acceptors (Lipinski definition) is 4. The van der Waals surface area contributed by atoms with E-state index >= 15 is 0 Å². The van der Waals surface area contributed by atoms with E-state index < -0.39 is 17.7 Å². The Hall–Kier alpha value is -3.23. The molecule has 0 radical (unpaired) electrons. The number of rotatable bonds is 6. The highest BCUT2D eigenvalue weighted by Crippen LogP contribution is 2.34. The van der Waals surface area contributed by atoms with E-state index in [9.17, 15) is 23.1 Å². The fraction of sp³-hybridized carbons (Fsp3) is 0.222. The Bertz CT molecular complexity index is 983. The van der Waals surface area contributed by atoms with Crippen LogP contribution in [0.3, 0.4) is 0 Å². The summed E-state index contributed by atoms with van der Waals surface area (Å²) < 4.78 is 40.5. The second-order valence-electron chi connectivity index (χ2n) is 5.93. The van der Waals surface area contributed by atoms with Gasteiger partial charge >= 0.3 is 12.1 Å². The number of nitrogens with one attached hydrogen (secondary N) is 1. The summed E-state index contributed by atoms with van der Waals surface area (Å²) in [6.07, 6.45) is -3.35. The molecule has 0 spiro atoms. The van der Waals surface area contributed by atoms with Crippen LogP contribution in [0.2, 0.25) is 0 Å². The fourth-order valence-electron chi connectivity index (χ4n) is 2.68. The van der Waals surface area contributed by atoms with Crippen molar-refractivity contribution in [3.8, 4) is 17.0 Å². The number of halogens is 3. The standard InChI is InChI=1S/C18H16F3N3O3/c19-18(20,21)12-6-7-14-23-16(11-3-1-4-13(25)9-11)17(24(14)10-12)22-8-2-5-15(26)27/h1,3-4,6-7,9-10,22,25H,2,5,8H2,(H,26,27). The molecule has 1 aromatic carbocycles. The SMILES string of the molecule is O=C(O)CCCNc1c(-c2cccc(O)c2)nc2ccc(C(F)(F)F)cn12. The molecule has 0 bridgehead atoms. The molecular weight excluding hydrogens is 363 g/mol. The lowest BCUT2D eigenvalue weighted by Gasteiger charge is -2.11. The summed E-state index contributed by atoms with van der Waals surface area (Å²) in [5.74, 6) is -0.660. The molecule has 0 aliphatic carbocycles. The maximum absolute atomic E-state index is 13.1. The van der Waals surface area contributed by atoms with Crippen LogP contribution < -0.4 is 5.32 Å². The van der Waals surface area contributed by atoms with E-state index in [2.05, 4.69) is 10.3 Å². The minimum absolute atomic E-state index is 0.00244. The molecule has 0 aliphatic rings. The van der Waals surface area contributed by atoms with Crippen LogP contribution in [0, 0.1) is 0 Å². The number of aliphatic carboxylic acids is 1. The Kier molecular flexibility index (Phi) is 4.93. The quantitative estimate of drug-likeness (QED) is 0.564. The maximum atomic E-state index is 13.1. The summed E-state index contributed by atoms with van der Waals surface area (Å²) >= 11 is 0. The maximum Gasteiger partial charge on any atom is 0.417 e. The average Bonchev–Trinajstić information content (AvgIpc) is 2.95. The van der Waals surface area contributed by atoms with Crippen molar-refractivity contribution < 1.29 is 28.2 Å². The number of phenols is 1. The lowest BCUT2D eigenvalue weighted by molar-refractivity contribution is -0.138. The Morgan fingerprint density at radius 2 is 2.00 bits per heavy atom. The Morgan fingerprint density at radius 1 is 1.22 bits per heavy atom. The van der Waals surface area contributed by atoms with Crippen molar-refractivity contribution in [1.29, 1.82) is 0 Å². The third kappa shape index (κ3) is 4.13. The van der Waals surface area contributed by atoms with Gasteiger partial charge in [-0.1, -0.05) is 12.1 Å². The highest BCUT2D eigenvalue weighted by molar-refractivity contribution is 5.77. The van der Waals surface area contributed by atoms with Gasteiger partial charge in [0.15, 0.2) is 0 Å². The molecule has 0 fully saturated rings. The Balaban J connectivity index is 2.07. The van der Waals surface area contributed by atoms with Crippen molar-refractivity contribution >= 4 is 17.4 Å². The first-order chi connectivity index (χ1) is 12.8. The second-order valence-corrected chi connectivity index (χ2v) is 5.93. The minimum atomic E-state index is -4.51. The summed E-state index contributed by atoms with van der Waals surface area (Å²) in [7, 11) is 0. The molecule has 3 aromatic rings. The van der Waals surface area contributed by atoms with Gasteiger partial charge in [0.2, 0.25) is 0 Å². The van der Waals surface area contributed by atoms with Crippen LogP contribution in [0.25, 0.3) is 16.9 Å². The second kappa shape index (κ2) is 7.18. The highest BCUT2D eigenvalue weighted by Gasteiger charge is 2.31. The van der Waals surface area contributed by atoms with E-state index in [4.69, 9.17) is 5.11 Å². The van der Waals surface area contributed by atoms with E-state index in [-0.39, 0.29) is 18.7 Å². The molecule has 3 N–H and O–H groups in total. The number of anilines is 1. The van der Waals surface area contributed by atoms with Crippen molar-refractivity contribution in [1.82, 2.24) is 9.38 Å². The van der Waals surface area contributed by atoms with E-state index in [1.165, 1.54) is 22.6 Å². The van der Waals surface area contributed by atoms with Crippen LogP contribution in [0.1, 0.15) is 18.4 Å². The molecule has 0 aliphatic heterocycles. The molecule has 0 saturated carbocycles. The van der Waals surface area contributed by atoms with E-state index in [0.29, 0.717) is 29.1 Å². The number of pyridine rings is 1. The van der Waals surface area contributed by atoms with Gasteiger partial charge in [0, 0.05) is 24.7 Å². The van der Waals surface area contributed by atoms with Crippen LogP contribution in [0.4, 0.5) is 19.0 Å². The molecule has 2 heterocycles. The average molecular weight is 379 g/mol. The molecular formula is C18H16F3N3O3. The normalized spacial score (nSPS) is 11.7. The summed E-state index contributed by atoms with van der Waals surface area (Å²) in [4.78, 5) is 15.0. The van der Waals surface area contributed by atoms with Gasteiger partial charge in [-0.25, -0.2) is 4.98 Å². The molecule has 27 heavy (non-hydrogen) atoms. The number of nitrogens with zero attached hydrogens (tertiary/aromatic N) is 2. The molecule has 0 atom stereocenters. The summed E-state index contributed by atoms with van der Waals surface area (Å²) in [6.45, 7) is 0.238. The number of imidazole rings is 1. The third-order valence-corrected chi connectivity index (χ3v) is 3.93. The predicted molar refractivity (Wildman–Crippen MR) is 92.7 cm³/mol. The lowest BCUT2D eigenvalue weighted by atomic mass is 10.1. The van der Waals surface area contributed by atoms with Crippen molar-refractivity contribution in [3.05, 3.63) is 48.2 Å². The number of carboxylic acids is 1. The van der Waals surface area contributed by atoms with Crippen LogP contribution in [-0.2, 0) is 11.0 Å². The van der Waals surface area contributed by atoms with Crippen molar-refractivity contribution in [2.24, 2.45) is 0 Å². The first-order valence-electron chi connectivity index (χ1n) is 8.10. The summed E-state index contributed by atoms with van der Waals surface area (Å²) in [5, 5.41) is 21.4. The van der Waals surface area contributed by atoms with Gasteiger partial charge in [-0.05, 0) is 30.7 Å². The number of fused-ring (bicyclic) bond motifs is 1. The van der Waals surface area contributed by atoms with Gasteiger partial charge < -0.3 is 15.5 Å². The molecule has 6 nitrogen and oxygen atoms in total. The number of benzene rings is 1. The molecule has 142 valence electrons. The lowest BCUT2D eigenvalue weighted by Crippen LogP contribution is -2.09. The number of carbonyl (C=O) groups is 1. The number of aromatic hydroxyl groups is 1. The van der Waals surface area contributed by atoms with Crippen molar-refractivity contribution in [2.75, 3.05) is 11.9 Å². The van der Waals surface area contributed by atoms with E-state index in [0.717, 1.165) is 12.3 Å². The first-order valence-corrected chi connectivity index (χ1v) is 8.10. The molecule has 0 unspecified atom stereocenters. The number of hydrogen-bond donors (Lipinski definition) is 3. The van der Waals surface area contributed by atoms with Gasteiger partial charge in [0.25, 0.3) is 0 Å². The number of aromatic nitrogens is 2. The monoisotopic (exact) mass is 379 g/mol. The van der Waals surface area contributed by atoms with Crippen LogP contribution in [0.5, 0.6) is 5.75 Å². The van der Waals surface area contributed by atoms with Crippen LogP contribution in [0.15, 0.2) is 42.6 Å². The molecule has 2 aromatic heterocycles. The van der Waals surface area contributed by atoms with Gasteiger partial charge in [0.1, 0.15) is 22.9 Å². The highest BCUT2D eigenvalue weighted by atomic mass is 19.4. The van der Waals surface area contributed by atoms with Gasteiger partial charge in [0.05, 0.1) is 5.56 Å². The van der Waals surface area contributed by atoms with Crippen LogP contribution in [-0.4, -0.2) is 32.1 Å². The molecule has 0 saturated heterocycles. The summed E-state index contributed by atoms with van der Waals surface area (Å²) in [5.41, 5.74) is 0.346. The minimum Gasteiger partial charge on any atom is -0.508 e. The smallest absolute Gasteiger partial charge is 0.417 e. The Morgan fingerprint density at radius 3 is 2.67 bits per heavy atom. The largest absolute Gasteiger partial charge is 0.508 e. The number of alkyl halides is 3. The molecule has 9 heteroatoms. The predicted octanol–water partition coefficient (Wildman–Crippen LogP) is 4.00. The van der Waals surface area contributed by atoms with E-state index in [1.807, 2.05) is 0 Å². The van der Waals surface area contributed by atoms with Crippen molar-refractivity contribution in [3.63, 3.8) is 0 Å². The topological polar surface area (TPSA) is 86.9 Å². The Labute approximate surface area is 151 Å². The van der Waals surface area contributed by atoms with Gasteiger partial charge in [-0.3, -0.25) is 9.20 Å². The fourth-order valence-corrected chi connectivity index (χ4v) is 2.68. The third-order valence-electron chi connectivity index (χ3n) is 3.93. The number of carboxylic acid groups (broad SMARTS) is 1. The molecule has 3 rings (SSSR count). The van der Waals surface area contributed by atoms with Crippen LogP contribution >= 0.6 is 0 Å². The van der Waals surface area contributed by atoms with Gasteiger partial charge in [-0.2, -0.15) is 13.2 Å². The summed E-state index contributed by atoms with van der Waals surface area (Å²) in [6, 6.07) is 8.41. The number of phenolic OH excluding ortho intramolecular Hbond substituents is 1. The zero-order chi connectivity index (χ0) is 19.6. The zero-order valence-electron chi connectivity index (χ0n) is 14.0. The molecule has 0 amide bonds. The van der Waals surface area contributed by atoms with Crippen molar-refractivity contribution in [2.45, 2.75) is 19.0 Å². The first kappa shape index (κ1) is 18.6. The van der Waals surface area contributed by atoms with E-state index in [1.54, 1.807) is 12.1 Å².